The first-order valence-electron chi connectivity index (χ1n) is 8.83. The van der Waals surface area contributed by atoms with Crippen molar-refractivity contribution in [3.05, 3.63) is 70.7 Å². The highest BCUT2D eigenvalue weighted by Gasteiger charge is 2.36. The summed E-state index contributed by atoms with van der Waals surface area (Å²) in [7, 11) is 0. The van der Waals surface area contributed by atoms with Crippen molar-refractivity contribution in [3.63, 3.8) is 0 Å². The van der Waals surface area contributed by atoms with E-state index in [1.165, 1.54) is 24.8 Å². The van der Waals surface area contributed by atoms with E-state index in [4.69, 9.17) is 11.6 Å². The molecule has 2 nitrogen and oxygen atoms in total. The molecule has 1 aliphatic rings. The number of aliphatic hydroxyl groups is 1. The van der Waals surface area contributed by atoms with Gasteiger partial charge >= 0.3 is 0 Å². The van der Waals surface area contributed by atoms with Gasteiger partial charge in [0, 0.05) is 17.5 Å². The molecular weight excluding hydrogens is 318 g/mol. The van der Waals surface area contributed by atoms with Crippen LogP contribution >= 0.6 is 11.6 Å². The first-order valence-corrected chi connectivity index (χ1v) is 9.21. The molecule has 1 heterocycles. The monoisotopic (exact) mass is 343 g/mol. The average Bonchev–Trinajstić information content (AvgIpc) is 2.61. The summed E-state index contributed by atoms with van der Waals surface area (Å²) >= 11 is 6.02. The number of hydrogen-bond donors (Lipinski definition) is 1. The van der Waals surface area contributed by atoms with Crippen molar-refractivity contribution in [2.75, 3.05) is 19.6 Å². The van der Waals surface area contributed by atoms with Crippen LogP contribution in [-0.2, 0) is 5.60 Å². The lowest BCUT2D eigenvalue weighted by Gasteiger charge is -2.38. The van der Waals surface area contributed by atoms with Crippen molar-refractivity contribution in [1.82, 2.24) is 4.90 Å². The zero-order valence-corrected chi connectivity index (χ0v) is 15.0. The van der Waals surface area contributed by atoms with Gasteiger partial charge in [-0.25, -0.2) is 0 Å². The number of halogens is 1. The van der Waals surface area contributed by atoms with E-state index >= 15 is 0 Å². The summed E-state index contributed by atoms with van der Waals surface area (Å²) in [6.07, 6.45) is 3.83. The second kappa shape index (κ2) is 7.69. The summed E-state index contributed by atoms with van der Waals surface area (Å²) in [6.45, 7) is 5.05. The lowest BCUT2D eigenvalue weighted by atomic mass is 9.78. The number of likely N-dealkylation sites (tertiary alicyclic amines) is 1. The van der Waals surface area contributed by atoms with Crippen LogP contribution in [0.1, 0.15) is 43.2 Å². The molecule has 0 aliphatic carbocycles. The number of nitrogens with zero attached hydrogens (tertiary/aromatic N) is 1. The largest absolute Gasteiger partial charge is 0.385 e. The van der Waals surface area contributed by atoms with Gasteiger partial charge in [0.25, 0.3) is 0 Å². The molecule has 3 rings (SSSR count). The molecule has 2 atom stereocenters. The van der Waals surface area contributed by atoms with Crippen LogP contribution in [0, 0.1) is 0 Å². The summed E-state index contributed by atoms with van der Waals surface area (Å²) in [5.74, 6) is 0.0259. The number of hydrogen-bond acceptors (Lipinski definition) is 2. The number of benzene rings is 2. The number of rotatable bonds is 5. The fraction of sp³-hybridized carbons (Fsp3) is 0.429. The maximum Gasteiger partial charge on any atom is 0.0949 e. The Balaban J connectivity index is 1.91. The lowest BCUT2D eigenvalue weighted by Crippen LogP contribution is -2.41. The zero-order chi connectivity index (χ0) is 17.0. The van der Waals surface area contributed by atoms with Crippen LogP contribution < -0.4 is 0 Å². The van der Waals surface area contributed by atoms with Gasteiger partial charge in [0.2, 0.25) is 0 Å². The highest BCUT2D eigenvalue weighted by molar-refractivity contribution is 6.30. The molecule has 0 spiro atoms. The molecule has 3 heteroatoms. The van der Waals surface area contributed by atoms with Crippen molar-refractivity contribution in [1.29, 1.82) is 0 Å². The molecular formula is C21H26ClNO. The summed E-state index contributed by atoms with van der Waals surface area (Å²) in [5, 5.41) is 12.1. The molecule has 0 saturated carbocycles. The quantitative estimate of drug-likeness (QED) is 0.841. The van der Waals surface area contributed by atoms with Gasteiger partial charge < -0.3 is 10.0 Å². The molecule has 24 heavy (non-hydrogen) atoms. The Hall–Kier alpha value is -1.35. The van der Waals surface area contributed by atoms with Gasteiger partial charge in [0.1, 0.15) is 0 Å². The SMILES string of the molecule is C[C@@](O)(c1ccc(Cl)cc1)[C@H](CN1CCCCC1)c1ccccc1. The molecule has 128 valence electrons. The van der Waals surface area contributed by atoms with Gasteiger partial charge in [-0.15, -0.1) is 0 Å². The molecule has 0 radical (unpaired) electrons. The van der Waals surface area contributed by atoms with E-state index in [0.29, 0.717) is 5.02 Å². The fourth-order valence-corrected chi connectivity index (χ4v) is 3.81. The normalized spacial score (nSPS) is 19.6. The summed E-state index contributed by atoms with van der Waals surface area (Å²) in [4.78, 5) is 2.49. The molecule has 0 unspecified atom stereocenters. The van der Waals surface area contributed by atoms with Crippen LogP contribution in [0.4, 0.5) is 0 Å². The van der Waals surface area contributed by atoms with E-state index in [0.717, 1.165) is 25.2 Å². The second-order valence-electron chi connectivity index (χ2n) is 6.98. The van der Waals surface area contributed by atoms with Crippen molar-refractivity contribution in [3.8, 4) is 0 Å². The Morgan fingerprint density at radius 1 is 1.00 bits per heavy atom. The molecule has 1 saturated heterocycles. The molecule has 2 aromatic rings. The Morgan fingerprint density at radius 2 is 1.62 bits per heavy atom. The third-order valence-electron chi connectivity index (χ3n) is 5.20. The third-order valence-corrected chi connectivity index (χ3v) is 5.45. The summed E-state index contributed by atoms with van der Waals surface area (Å²) in [5.41, 5.74) is 1.16. The Bertz CT molecular complexity index is 633. The molecule has 1 N–H and O–H groups in total. The van der Waals surface area contributed by atoms with Crippen LogP contribution in [0.2, 0.25) is 5.02 Å². The third kappa shape index (κ3) is 4.00. The van der Waals surface area contributed by atoms with Gasteiger partial charge in [-0.3, -0.25) is 0 Å². The van der Waals surface area contributed by atoms with E-state index in [9.17, 15) is 5.11 Å². The molecule has 0 aromatic heterocycles. The first kappa shape index (κ1) is 17.5. The van der Waals surface area contributed by atoms with Crippen LogP contribution in [0.25, 0.3) is 0 Å². The fourth-order valence-electron chi connectivity index (χ4n) is 3.68. The maximum absolute atomic E-state index is 11.5. The number of piperidine rings is 1. The van der Waals surface area contributed by atoms with Crippen LogP contribution in [0.3, 0.4) is 0 Å². The topological polar surface area (TPSA) is 23.5 Å². The van der Waals surface area contributed by atoms with Gasteiger partial charge in [-0.1, -0.05) is 60.5 Å². The van der Waals surface area contributed by atoms with E-state index < -0.39 is 5.60 Å². The standard InChI is InChI=1S/C21H26ClNO/c1-21(24,18-10-12-19(22)13-11-18)20(17-8-4-2-5-9-17)16-23-14-6-3-7-15-23/h2,4-5,8-13,20,24H,3,6-7,14-16H2,1H3/t20-,21-/m1/s1. The molecule has 1 aliphatic heterocycles. The van der Waals surface area contributed by atoms with E-state index in [1.54, 1.807) is 0 Å². The summed E-state index contributed by atoms with van der Waals surface area (Å²) in [6, 6.07) is 18.0. The minimum Gasteiger partial charge on any atom is -0.385 e. The summed E-state index contributed by atoms with van der Waals surface area (Å²) < 4.78 is 0. The van der Waals surface area contributed by atoms with Crippen molar-refractivity contribution >= 4 is 11.6 Å². The zero-order valence-electron chi connectivity index (χ0n) is 14.3. The second-order valence-corrected chi connectivity index (χ2v) is 7.42. The van der Waals surface area contributed by atoms with Gasteiger partial charge in [0.15, 0.2) is 0 Å². The Labute approximate surface area is 150 Å². The highest BCUT2D eigenvalue weighted by Crippen LogP contribution is 2.38. The lowest BCUT2D eigenvalue weighted by molar-refractivity contribution is 0.0107. The minimum atomic E-state index is -0.941. The van der Waals surface area contributed by atoms with E-state index in [1.807, 2.05) is 37.3 Å². The van der Waals surface area contributed by atoms with Crippen molar-refractivity contribution in [2.45, 2.75) is 37.7 Å². The Morgan fingerprint density at radius 3 is 2.25 bits per heavy atom. The van der Waals surface area contributed by atoms with Crippen LogP contribution in [0.5, 0.6) is 0 Å². The smallest absolute Gasteiger partial charge is 0.0949 e. The van der Waals surface area contributed by atoms with Crippen molar-refractivity contribution in [2.24, 2.45) is 0 Å². The van der Waals surface area contributed by atoms with E-state index in [2.05, 4.69) is 29.2 Å². The minimum absolute atomic E-state index is 0.0259. The highest BCUT2D eigenvalue weighted by atomic mass is 35.5. The predicted octanol–water partition coefficient (Wildman–Crippen LogP) is 4.82. The molecule has 2 aromatic carbocycles. The van der Waals surface area contributed by atoms with Gasteiger partial charge in [-0.05, 0) is 56.1 Å². The van der Waals surface area contributed by atoms with Gasteiger partial charge in [-0.2, -0.15) is 0 Å². The van der Waals surface area contributed by atoms with Crippen LogP contribution in [-0.4, -0.2) is 29.6 Å². The maximum atomic E-state index is 11.5. The van der Waals surface area contributed by atoms with Crippen molar-refractivity contribution < 1.29 is 5.11 Å². The first-order chi connectivity index (χ1) is 11.6. The van der Waals surface area contributed by atoms with E-state index in [-0.39, 0.29) is 5.92 Å². The predicted molar refractivity (Wildman–Crippen MR) is 100 cm³/mol. The molecule has 0 bridgehead atoms. The molecule has 1 fully saturated rings. The van der Waals surface area contributed by atoms with Crippen LogP contribution in [0.15, 0.2) is 54.6 Å². The Kier molecular flexibility index (Phi) is 5.60. The average molecular weight is 344 g/mol. The van der Waals surface area contributed by atoms with Gasteiger partial charge in [0.05, 0.1) is 5.60 Å². The molecule has 0 amide bonds.